The van der Waals surface area contributed by atoms with Gasteiger partial charge in [-0.05, 0) is 39.1 Å². The Labute approximate surface area is 128 Å². The van der Waals surface area contributed by atoms with Crippen LogP contribution in [0.4, 0.5) is 5.69 Å². The van der Waals surface area contributed by atoms with Gasteiger partial charge in [0.1, 0.15) is 0 Å². The van der Waals surface area contributed by atoms with Gasteiger partial charge >= 0.3 is 0 Å². The highest BCUT2D eigenvalue weighted by Gasteiger charge is 2.26. The number of hydrogen-bond acceptors (Lipinski definition) is 3. The fourth-order valence-electron chi connectivity index (χ4n) is 2.87. The third-order valence-electron chi connectivity index (χ3n) is 4.09. The van der Waals surface area contributed by atoms with Gasteiger partial charge in [-0.3, -0.25) is 4.79 Å². The first-order chi connectivity index (χ1) is 10.2. The average Bonchev–Trinajstić information content (AvgIpc) is 3.00. The van der Waals surface area contributed by atoms with Crippen molar-refractivity contribution in [2.24, 2.45) is 0 Å². The van der Waals surface area contributed by atoms with Crippen LogP contribution in [0.25, 0.3) is 0 Å². The van der Waals surface area contributed by atoms with Crippen molar-refractivity contribution >= 4 is 11.6 Å². The third-order valence-corrected chi connectivity index (χ3v) is 4.09. The number of rotatable bonds is 7. The van der Waals surface area contributed by atoms with Crippen LogP contribution in [0, 0.1) is 0 Å². The fourth-order valence-corrected chi connectivity index (χ4v) is 2.87. The summed E-state index contributed by atoms with van der Waals surface area (Å²) >= 11 is 0. The van der Waals surface area contributed by atoms with Crippen LogP contribution in [0.1, 0.15) is 25.7 Å². The molecular formula is C17H27N3O. The molecule has 1 aliphatic rings. The zero-order valence-corrected chi connectivity index (χ0v) is 13.2. The Hall–Kier alpha value is -1.55. The molecule has 116 valence electrons. The average molecular weight is 289 g/mol. The highest BCUT2D eigenvalue weighted by Crippen LogP contribution is 2.23. The summed E-state index contributed by atoms with van der Waals surface area (Å²) in [7, 11) is 4.11. The number of carbonyl (C=O) groups excluding carboxylic acids is 1. The quantitative estimate of drug-likeness (QED) is 0.837. The molecule has 0 heterocycles. The number of nitrogens with one attached hydrogen (secondary N) is 1. The Kier molecular flexibility index (Phi) is 6.05. The molecule has 4 nitrogen and oxygen atoms in total. The molecule has 0 bridgehead atoms. The zero-order chi connectivity index (χ0) is 15.1. The van der Waals surface area contributed by atoms with E-state index in [1.54, 1.807) is 0 Å². The Bertz CT molecular complexity index is 427. The van der Waals surface area contributed by atoms with Crippen LogP contribution in [0.2, 0.25) is 0 Å². The summed E-state index contributed by atoms with van der Waals surface area (Å²) in [5, 5.41) is 3.23. The highest BCUT2D eigenvalue weighted by atomic mass is 16.2. The Morgan fingerprint density at radius 3 is 2.43 bits per heavy atom. The van der Waals surface area contributed by atoms with Gasteiger partial charge < -0.3 is 15.1 Å². The topological polar surface area (TPSA) is 35.6 Å². The van der Waals surface area contributed by atoms with E-state index in [0.717, 1.165) is 31.6 Å². The van der Waals surface area contributed by atoms with Gasteiger partial charge in [0.05, 0.1) is 6.54 Å². The molecule has 0 aliphatic heterocycles. The molecule has 0 radical (unpaired) electrons. The second-order valence-electron chi connectivity index (χ2n) is 6.05. The van der Waals surface area contributed by atoms with Gasteiger partial charge in [-0.1, -0.05) is 31.0 Å². The van der Waals surface area contributed by atoms with Crippen molar-refractivity contribution in [1.82, 2.24) is 9.80 Å². The lowest BCUT2D eigenvalue weighted by molar-refractivity contribution is -0.131. The third kappa shape index (κ3) is 5.05. The molecule has 0 saturated heterocycles. The second-order valence-corrected chi connectivity index (χ2v) is 6.05. The highest BCUT2D eigenvalue weighted by molar-refractivity contribution is 5.81. The predicted molar refractivity (Wildman–Crippen MR) is 87.5 cm³/mol. The van der Waals surface area contributed by atoms with Gasteiger partial charge in [0.15, 0.2) is 0 Å². The van der Waals surface area contributed by atoms with Gasteiger partial charge in [0.25, 0.3) is 0 Å². The summed E-state index contributed by atoms with van der Waals surface area (Å²) in [6.45, 7) is 2.13. The number of para-hydroxylation sites is 1. The molecule has 1 aromatic carbocycles. The summed E-state index contributed by atoms with van der Waals surface area (Å²) in [5.74, 6) is 0.215. The Morgan fingerprint density at radius 1 is 1.14 bits per heavy atom. The van der Waals surface area contributed by atoms with Crippen LogP contribution in [0.5, 0.6) is 0 Å². The van der Waals surface area contributed by atoms with E-state index in [4.69, 9.17) is 0 Å². The van der Waals surface area contributed by atoms with E-state index in [9.17, 15) is 4.79 Å². The first kappa shape index (κ1) is 15.8. The van der Waals surface area contributed by atoms with Crippen molar-refractivity contribution in [3.63, 3.8) is 0 Å². The lowest BCUT2D eigenvalue weighted by Gasteiger charge is -2.30. The molecule has 0 atom stereocenters. The van der Waals surface area contributed by atoms with Crippen LogP contribution >= 0.6 is 0 Å². The number of nitrogens with zero attached hydrogens (tertiary/aromatic N) is 2. The molecule has 0 aromatic heterocycles. The first-order valence-corrected chi connectivity index (χ1v) is 7.90. The summed E-state index contributed by atoms with van der Waals surface area (Å²) in [6, 6.07) is 10.4. The van der Waals surface area contributed by atoms with Gasteiger partial charge in [0, 0.05) is 24.8 Å². The van der Waals surface area contributed by atoms with Crippen molar-refractivity contribution in [3.8, 4) is 0 Å². The standard InChI is InChI=1S/C17H27N3O/c1-19(2)12-13-20(16-10-6-7-11-16)17(21)14-18-15-8-4-3-5-9-15/h3-5,8-9,16,18H,6-7,10-14H2,1-2H3. The molecule has 1 aromatic rings. The van der Waals surface area contributed by atoms with Crippen LogP contribution in [0.3, 0.4) is 0 Å². The monoisotopic (exact) mass is 289 g/mol. The number of amides is 1. The molecule has 4 heteroatoms. The Morgan fingerprint density at radius 2 is 1.81 bits per heavy atom. The lowest BCUT2D eigenvalue weighted by Crippen LogP contribution is -2.45. The van der Waals surface area contributed by atoms with Crippen molar-refractivity contribution in [2.45, 2.75) is 31.7 Å². The number of carbonyl (C=O) groups is 1. The molecule has 1 aliphatic carbocycles. The van der Waals surface area contributed by atoms with E-state index in [1.807, 2.05) is 30.3 Å². The van der Waals surface area contributed by atoms with E-state index in [2.05, 4.69) is 29.2 Å². The minimum atomic E-state index is 0.215. The summed E-state index contributed by atoms with van der Waals surface area (Å²) in [6.07, 6.45) is 4.82. The lowest BCUT2D eigenvalue weighted by atomic mass is 10.2. The van der Waals surface area contributed by atoms with Crippen molar-refractivity contribution in [1.29, 1.82) is 0 Å². The predicted octanol–water partition coefficient (Wildman–Crippen LogP) is 2.43. The number of benzene rings is 1. The molecule has 1 N–H and O–H groups in total. The molecule has 2 rings (SSSR count). The fraction of sp³-hybridized carbons (Fsp3) is 0.588. The van der Waals surface area contributed by atoms with Gasteiger partial charge in [0.2, 0.25) is 5.91 Å². The van der Waals surface area contributed by atoms with Crippen molar-refractivity contribution in [2.75, 3.05) is 39.0 Å². The molecule has 1 saturated carbocycles. The minimum Gasteiger partial charge on any atom is -0.376 e. The summed E-state index contributed by atoms with van der Waals surface area (Å²) in [5.41, 5.74) is 1.00. The molecule has 0 spiro atoms. The molecule has 0 unspecified atom stereocenters. The van der Waals surface area contributed by atoms with Crippen molar-refractivity contribution in [3.05, 3.63) is 30.3 Å². The molecule has 21 heavy (non-hydrogen) atoms. The first-order valence-electron chi connectivity index (χ1n) is 7.90. The van der Waals surface area contributed by atoms with Gasteiger partial charge in [-0.2, -0.15) is 0 Å². The normalized spacial score (nSPS) is 15.4. The van der Waals surface area contributed by atoms with Gasteiger partial charge in [-0.15, -0.1) is 0 Å². The largest absolute Gasteiger partial charge is 0.376 e. The molecular weight excluding hydrogens is 262 g/mol. The molecule has 1 amide bonds. The number of likely N-dealkylation sites (N-methyl/N-ethyl adjacent to an activating group) is 1. The summed E-state index contributed by atoms with van der Waals surface area (Å²) in [4.78, 5) is 16.8. The summed E-state index contributed by atoms with van der Waals surface area (Å²) < 4.78 is 0. The maximum atomic E-state index is 12.6. The minimum absolute atomic E-state index is 0.215. The van der Waals surface area contributed by atoms with Crippen LogP contribution in [0.15, 0.2) is 30.3 Å². The van der Waals surface area contributed by atoms with Crippen molar-refractivity contribution < 1.29 is 4.79 Å². The van der Waals surface area contributed by atoms with E-state index < -0.39 is 0 Å². The van der Waals surface area contributed by atoms with E-state index >= 15 is 0 Å². The Balaban J connectivity index is 1.90. The zero-order valence-electron chi connectivity index (χ0n) is 13.2. The molecule has 1 fully saturated rings. The number of anilines is 1. The van der Waals surface area contributed by atoms with E-state index in [-0.39, 0.29) is 5.91 Å². The van der Waals surface area contributed by atoms with Gasteiger partial charge in [-0.25, -0.2) is 0 Å². The maximum absolute atomic E-state index is 12.6. The van der Waals surface area contributed by atoms with Crippen LogP contribution < -0.4 is 5.32 Å². The van der Waals surface area contributed by atoms with Crippen LogP contribution in [-0.4, -0.2) is 55.5 Å². The SMILES string of the molecule is CN(C)CCN(C(=O)CNc1ccccc1)C1CCCC1. The smallest absolute Gasteiger partial charge is 0.242 e. The maximum Gasteiger partial charge on any atom is 0.242 e. The van der Waals surface area contributed by atoms with E-state index in [1.165, 1.54) is 12.8 Å². The second kappa shape index (κ2) is 8.03. The van der Waals surface area contributed by atoms with Crippen LogP contribution in [-0.2, 0) is 4.79 Å². The number of hydrogen-bond donors (Lipinski definition) is 1. The van der Waals surface area contributed by atoms with E-state index in [0.29, 0.717) is 12.6 Å².